The molecule has 5 heteroatoms. The number of hydrogen-bond acceptors (Lipinski definition) is 3. The standard InChI is InChI=1S/C13H16ClN3O/c1-8-6-12(13(18-3)7-10(8)14)16-9(2)11-4-5-15-17-11/h4-7,9,16H,1-3H3,(H,15,17). The summed E-state index contributed by atoms with van der Waals surface area (Å²) in [4.78, 5) is 0. The molecular weight excluding hydrogens is 250 g/mol. The summed E-state index contributed by atoms with van der Waals surface area (Å²) in [6, 6.07) is 5.85. The zero-order chi connectivity index (χ0) is 13.1. The lowest BCUT2D eigenvalue weighted by molar-refractivity contribution is 0.416. The Hall–Kier alpha value is -1.68. The molecule has 0 aliphatic carbocycles. The number of aromatic nitrogens is 2. The minimum Gasteiger partial charge on any atom is -0.495 e. The van der Waals surface area contributed by atoms with Crippen LogP contribution in [0.5, 0.6) is 5.75 Å². The van der Waals surface area contributed by atoms with Gasteiger partial charge in [0.05, 0.1) is 24.5 Å². The van der Waals surface area contributed by atoms with Crippen LogP contribution in [-0.4, -0.2) is 17.3 Å². The predicted molar refractivity (Wildman–Crippen MR) is 73.4 cm³/mol. The minimum absolute atomic E-state index is 0.113. The Morgan fingerprint density at radius 1 is 1.44 bits per heavy atom. The first-order valence-electron chi connectivity index (χ1n) is 5.71. The fourth-order valence-electron chi connectivity index (χ4n) is 1.76. The van der Waals surface area contributed by atoms with E-state index in [1.807, 2.05) is 25.1 Å². The second kappa shape index (κ2) is 5.31. The summed E-state index contributed by atoms with van der Waals surface area (Å²) in [5.74, 6) is 0.733. The molecule has 1 aromatic heterocycles. The number of nitrogens with zero attached hydrogens (tertiary/aromatic N) is 1. The first-order valence-corrected chi connectivity index (χ1v) is 6.09. The quantitative estimate of drug-likeness (QED) is 0.889. The minimum atomic E-state index is 0.113. The lowest BCUT2D eigenvalue weighted by atomic mass is 10.1. The van der Waals surface area contributed by atoms with Crippen molar-refractivity contribution in [3.63, 3.8) is 0 Å². The molecule has 0 saturated heterocycles. The van der Waals surface area contributed by atoms with Crippen LogP contribution in [0, 0.1) is 6.92 Å². The summed E-state index contributed by atoms with van der Waals surface area (Å²) in [6.07, 6.45) is 1.73. The summed E-state index contributed by atoms with van der Waals surface area (Å²) < 4.78 is 5.33. The highest BCUT2D eigenvalue weighted by atomic mass is 35.5. The zero-order valence-electron chi connectivity index (χ0n) is 10.6. The molecular formula is C13H16ClN3O. The van der Waals surface area contributed by atoms with Gasteiger partial charge in [-0.2, -0.15) is 5.10 Å². The van der Waals surface area contributed by atoms with Gasteiger partial charge >= 0.3 is 0 Å². The van der Waals surface area contributed by atoms with Crippen LogP contribution in [0.4, 0.5) is 5.69 Å². The van der Waals surface area contributed by atoms with Crippen LogP contribution in [0.25, 0.3) is 0 Å². The first-order chi connectivity index (χ1) is 8.61. The number of hydrogen-bond donors (Lipinski definition) is 2. The molecule has 2 aromatic rings. The van der Waals surface area contributed by atoms with Gasteiger partial charge in [0.1, 0.15) is 5.75 Å². The Morgan fingerprint density at radius 3 is 2.83 bits per heavy atom. The average molecular weight is 266 g/mol. The van der Waals surface area contributed by atoms with Gasteiger partial charge in [0.2, 0.25) is 0 Å². The van der Waals surface area contributed by atoms with Crippen LogP contribution in [0.15, 0.2) is 24.4 Å². The van der Waals surface area contributed by atoms with Crippen molar-refractivity contribution in [1.82, 2.24) is 10.2 Å². The Kier molecular flexibility index (Phi) is 3.77. The summed E-state index contributed by atoms with van der Waals surface area (Å²) in [5, 5.41) is 11.0. The molecule has 2 N–H and O–H groups in total. The van der Waals surface area contributed by atoms with Crippen LogP contribution in [0.2, 0.25) is 5.02 Å². The molecule has 0 saturated carbocycles. The lowest BCUT2D eigenvalue weighted by Gasteiger charge is -2.17. The van der Waals surface area contributed by atoms with Crippen molar-refractivity contribution in [2.75, 3.05) is 12.4 Å². The number of H-pyrrole nitrogens is 1. The predicted octanol–water partition coefficient (Wildman–Crippen LogP) is 3.55. The second-order valence-corrected chi connectivity index (χ2v) is 4.59. The molecule has 1 atom stereocenters. The molecule has 1 heterocycles. The molecule has 0 bridgehead atoms. The molecule has 0 aliphatic rings. The van der Waals surface area contributed by atoms with E-state index in [0.717, 1.165) is 22.7 Å². The van der Waals surface area contributed by atoms with E-state index >= 15 is 0 Å². The molecule has 0 radical (unpaired) electrons. The van der Waals surface area contributed by atoms with Crippen LogP contribution >= 0.6 is 11.6 Å². The third-order valence-electron chi connectivity index (χ3n) is 2.84. The fraction of sp³-hybridized carbons (Fsp3) is 0.308. The monoisotopic (exact) mass is 265 g/mol. The maximum absolute atomic E-state index is 6.08. The number of halogens is 1. The number of aryl methyl sites for hydroxylation is 1. The van der Waals surface area contributed by atoms with Gasteiger partial charge in [0, 0.05) is 17.3 Å². The molecule has 1 unspecified atom stereocenters. The second-order valence-electron chi connectivity index (χ2n) is 4.18. The third-order valence-corrected chi connectivity index (χ3v) is 3.25. The van der Waals surface area contributed by atoms with E-state index in [4.69, 9.17) is 16.3 Å². The fourth-order valence-corrected chi connectivity index (χ4v) is 1.92. The zero-order valence-corrected chi connectivity index (χ0v) is 11.4. The molecule has 0 amide bonds. The number of benzene rings is 1. The topological polar surface area (TPSA) is 49.9 Å². The molecule has 0 aliphatic heterocycles. The van der Waals surface area contributed by atoms with E-state index in [1.165, 1.54) is 0 Å². The van der Waals surface area contributed by atoms with Gasteiger partial charge in [0.25, 0.3) is 0 Å². The maximum atomic E-state index is 6.08. The van der Waals surface area contributed by atoms with Gasteiger partial charge in [-0.1, -0.05) is 11.6 Å². The van der Waals surface area contributed by atoms with Crippen molar-refractivity contribution < 1.29 is 4.74 Å². The average Bonchev–Trinajstić information content (AvgIpc) is 2.87. The summed E-state index contributed by atoms with van der Waals surface area (Å²) in [6.45, 7) is 4.02. The largest absolute Gasteiger partial charge is 0.495 e. The highest BCUT2D eigenvalue weighted by Crippen LogP contribution is 2.32. The van der Waals surface area contributed by atoms with Gasteiger partial charge in [0.15, 0.2) is 0 Å². The van der Waals surface area contributed by atoms with Gasteiger partial charge < -0.3 is 10.1 Å². The van der Waals surface area contributed by atoms with E-state index in [0.29, 0.717) is 5.02 Å². The molecule has 0 spiro atoms. The molecule has 0 fully saturated rings. The van der Waals surface area contributed by atoms with Gasteiger partial charge in [-0.15, -0.1) is 0 Å². The Bertz CT molecular complexity index is 525. The van der Waals surface area contributed by atoms with Gasteiger partial charge in [-0.05, 0) is 31.5 Å². The van der Waals surface area contributed by atoms with Crippen molar-refractivity contribution in [2.24, 2.45) is 0 Å². The smallest absolute Gasteiger partial charge is 0.143 e. The van der Waals surface area contributed by atoms with E-state index < -0.39 is 0 Å². The highest BCUT2D eigenvalue weighted by Gasteiger charge is 2.11. The van der Waals surface area contributed by atoms with Gasteiger partial charge in [-0.3, -0.25) is 5.10 Å². The SMILES string of the molecule is COc1cc(Cl)c(C)cc1NC(C)c1ccn[nH]1. The number of methoxy groups -OCH3 is 1. The van der Waals surface area contributed by atoms with Crippen LogP contribution in [0.1, 0.15) is 24.2 Å². The van der Waals surface area contributed by atoms with Crippen molar-refractivity contribution in [1.29, 1.82) is 0 Å². The van der Waals surface area contributed by atoms with Crippen molar-refractivity contribution in [2.45, 2.75) is 19.9 Å². The summed E-state index contributed by atoms with van der Waals surface area (Å²) >= 11 is 6.08. The molecule has 96 valence electrons. The van der Waals surface area contributed by atoms with Crippen LogP contribution in [-0.2, 0) is 0 Å². The third kappa shape index (κ3) is 2.59. The highest BCUT2D eigenvalue weighted by molar-refractivity contribution is 6.31. The van der Waals surface area contributed by atoms with Gasteiger partial charge in [-0.25, -0.2) is 0 Å². The lowest BCUT2D eigenvalue weighted by Crippen LogP contribution is -2.08. The van der Waals surface area contributed by atoms with E-state index in [1.54, 1.807) is 13.3 Å². The van der Waals surface area contributed by atoms with E-state index in [-0.39, 0.29) is 6.04 Å². The normalized spacial score (nSPS) is 12.2. The van der Waals surface area contributed by atoms with Crippen LogP contribution < -0.4 is 10.1 Å². The molecule has 1 aromatic carbocycles. The summed E-state index contributed by atoms with van der Waals surface area (Å²) in [5.41, 5.74) is 2.95. The number of nitrogens with one attached hydrogen (secondary N) is 2. The van der Waals surface area contributed by atoms with Crippen molar-refractivity contribution >= 4 is 17.3 Å². The van der Waals surface area contributed by atoms with Crippen LogP contribution in [0.3, 0.4) is 0 Å². The maximum Gasteiger partial charge on any atom is 0.143 e. The number of anilines is 1. The number of rotatable bonds is 4. The molecule has 2 rings (SSSR count). The summed E-state index contributed by atoms with van der Waals surface area (Å²) in [7, 11) is 1.63. The van der Waals surface area contributed by atoms with Crippen molar-refractivity contribution in [3.8, 4) is 5.75 Å². The molecule has 18 heavy (non-hydrogen) atoms. The van der Waals surface area contributed by atoms with E-state index in [9.17, 15) is 0 Å². The molecule has 4 nitrogen and oxygen atoms in total. The Balaban J connectivity index is 2.25. The number of ether oxygens (including phenoxy) is 1. The van der Waals surface area contributed by atoms with Crippen molar-refractivity contribution in [3.05, 3.63) is 40.7 Å². The number of aromatic amines is 1. The van der Waals surface area contributed by atoms with E-state index in [2.05, 4.69) is 22.4 Å². The Morgan fingerprint density at radius 2 is 2.22 bits per heavy atom. The Labute approximate surface area is 111 Å². The first kappa shape index (κ1) is 12.8.